The van der Waals surface area contributed by atoms with E-state index < -0.39 is 11.8 Å². The Morgan fingerprint density at radius 2 is 1.94 bits per heavy atom. The molecule has 0 radical (unpaired) electrons. The van der Waals surface area contributed by atoms with Crippen molar-refractivity contribution in [1.82, 2.24) is 0 Å². The van der Waals surface area contributed by atoms with Gasteiger partial charge in [0, 0.05) is 0 Å². The van der Waals surface area contributed by atoms with E-state index in [0.717, 1.165) is 11.1 Å². The van der Waals surface area contributed by atoms with Crippen molar-refractivity contribution in [1.29, 1.82) is 0 Å². The minimum absolute atomic E-state index is 0.0583. The number of benzene rings is 1. The number of fused-ring (bicyclic) bond motifs is 1. The van der Waals surface area contributed by atoms with E-state index in [1.807, 2.05) is 13.8 Å². The van der Waals surface area contributed by atoms with Gasteiger partial charge in [-0.2, -0.15) is 0 Å². The maximum absolute atomic E-state index is 11.9. The van der Waals surface area contributed by atoms with Gasteiger partial charge in [0.1, 0.15) is 0 Å². The van der Waals surface area contributed by atoms with Crippen molar-refractivity contribution in [2.45, 2.75) is 20.8 Å². The average molecular weight is 250 g/mol. The topological polar surface area (TPSA) is 61.8 Å². The molecule has 0 bridgehead atoms. The fourth-order valence-electron chi connectivity index (χ4n) is 1.80. The lowest BCUT2D eigenvalue weighted by molar-refractivity contribution is -0.137. The number of carbonyl (C=O) groups excluding carboxylic acids is 2. The van der Waals surface area contributed by atoms with Gasteiger partial charge in [0.15, 0.2) is 11.5 Å². The van der Waals surface area contributed by atoms with Gasteiger partial charge in [-0.15, -0.1) is 0 Å². The number of ether oxygens (including phenoxy) is 3. The summed E-state index contributed by atoms with van der Waals surface area (Å²) in [5.74, 6) is -0.723. The third-order valence-corrected chi connectivity index (χ3v) is 2.86. The highest BCUT2D eigenvalue weighted by Gasteiger charge is 2.29. The minimum atomic E-state index is -0.876. The molecular weight excluding hydrogens is 236 g/mol. The smallest absolute Gasteiger partial charge is 0.379 e. The molecule has 1 aromatic rings. The largest absolute Gasteiger partial charge is 0.460 e. The summed E-state index contributed by atoms with van der Waals surface area (Å²) < 4.78 is 15.3. The van der Waals surface area contributed by atoms with E-state index >= 15 is 0 Å². The van der Waals surface area contributed by atoms with Gasteiger partial charge in [0.05, 0.1) is 12.2 Å². The van der Waals surface area contributed by atoms with Crippen LogP contribution in [0.25, 0.3) is 0 Å². The summed E-state index contributed by atoms with van der Waals surface area (Å²) in [6, 6.07) is 1.63. The Bertz CT molecular complexity index is 519. The van der Waals surface area contributed by atoms with Crippen molar-refractivity contribution in [2.24, 2.45) is 0 Å². The molecule has 5 heteroatoms. The van der Waals surface area contributed by atoms with Crippen molar-refractivity contribution < 1.29 is 23.8 Å². The number of carbonyl (C=O) groups is 2. The Hall–Kier alpha value is -2.04. The molecule has 0 saturated carbocycles. The number of esters is 1. The Morgan fingerprint density at radius 3 is 2.61 bits per heavy atom. The summed E-state index contributed by atoms with van der Waals surface area (Å²) in [5, 5.41) is 0. The van der Waals surface area contributed by atoms with Crippen LogP contribution in [0.1, 0.15) is 28.4 Å². The molecule has 0 amide bonds. The summed E-state index contributed by atoms with van der Waals surface area (Å²) in [7, 11) is 0. The minimum Gasteiger partial charge on any atom is -0.460 e. The zero-order valence-electron chi connectivity index (χ0n) is 10.5. The van der Waals surface area contributed by atoms with Crippen LogP contribution in [0.3, 0.4) is 0 Å². The molecule has 0 unspecified atom stereocenters. The van der Waals surface area contributed by atoms with Gasteiger partial charge in [-0.1, -0.05) is 0 Å². The monoisotopic (exact) mass is 250 g/mol. The SMILES string of the molecule is CCOC(=O)C(=O)c1cc(C)c(C)c2c1OCO2. The first-order chi connectivity index (χ1) is 8.56. The van der Waals surface area contributed by atoms with Crippen molar-refractivity contribution in [2.75, 3.05) is 13.4 Å². The van der Waals surface area contributed by atoms with Gasteiger partial charge in [-0.3, -0.25) is 4.79 Å². The maximum Gasteiger partial charge on any atom is 0.379 e. The Kier molecular flexibility index (Phi) is 3.23. The summed E-state index contributed by atoms with van der Waals surface area (Å²) in [6.45, 7) is 5.59. The second kappa shape index (κ2) is 4.68. The molecule has 1 aliphatic heterocycles. The van der Waals surface area contributed by atoms with Gasteiger partial charge in [0.25, 0.3) is 5.78 Å². The van der Waals surface area contributed by atoms with Crippen molar-refractivity contribution in [3.05, 3.63) is 22.8 Å². The first kappa shape index (κ1) is 12.4. The van der Waals surface area contributed by atoms with Crippen LogP contribution in [0, 0.1) is 13.8 Å². The van der Waals surface area contributed by atoms with Gasteiger partial charge in [-0.05, 0) is 38.0 Å². The molecule has 2 rings (SSSR count). The van der Waals surface area contributed by atoms with E-state index in [1.165, 1.54) is 0 Å². The van der Waals surface area contributed by atoms with Gasteiger partial charge >= 0.3 is 5.97 Å². The molecule has 0 aliphatic carbocycles. The second-order valence-corrected chi connectivity index (χ2v) is 3.98. The lowest BCUT2D eigenvalue weighted by atomic mass is 10.0. The van der Waals surface area contributed by atoms with Crippen molar-refractivity contribution >= 4 is 11.8 Å². The van der Waals surface area contributed by atoms with E-state index in [2.05, 4.69) is 0 Å². The van der Waals surface area contributed by atoms with Gasteiger partial charge in [0.2, 0.25) is 6.79 Å². The van der Waals surface area contributed by atoms with Gasteiger partial charge < -0.3 is 14.2 Å². The summed E-state index contributed by atoms with van der Waals surface area (Å²) in [6.07, 6.45) is 0. The van der Waals surface area contributed by atoms with E-state index in [-0.39, 0.29) is 19.0 Å². The number of hydrogen-bond acceptors (Lipinski definition) is 5. The highest BCUT2D eigenvalue weighted by Crippen LogP contribution is 2.40. The molecular formula is C13H14O5. The first-order valence-electron chi connectivity index (χ1n) is 5.67. The molecule has 5 nitrogen and oxygen atoms in total. The third-order valence-electron chi connectivity index (χ3n) is 2.86. The normalized spacial score (nSPS) is 12.4. The zero-order valence-corrected chi connectivity index (χ0v) is 10.5. The van der Waals surface area contributed by atoms with Crippen LogP contribution in [0.5, 0.6) is 11.5 Å². The molecule has 1 aromatic carbocycles. The van der Waals surface area contributed by atoms with Crippen LogP contribution in [0.2, 0.25) is 0 Å². The van der Waals surface area contributed by atoms with Crippen molar-refractivity contribution in [3.8, 4) is 11.5 Å². The Balaban J connectivity index is 2.46. The molecule has 0 aromatic heterocycles. The predicted molar refractivity (Wildman–Crippen MR) is 63.0 cm³/mol. The quantitative estimate of drug-likeness (QED) is 0.465. The van der Waals surface area contributed by atoms with E-state index in [4.69, 9.17) is 14.2 Å². The molecule has 1 heterocycles. The standard InChI is InChI=1S/C13H14O5/c1-4-16-13(15)10(14)9-5-7(2)8(3)11-12(9)18-6-17-11/h5H,4,6H2,1-3H3. The van der Waals surface area contributed by atoms with E-state index in [9.17, 15) is 9.59 Å². The van der Waals surface area contributed by atoms with Gasteiger partial charge in [-0.25, -0.2) is 4.79 Å². The maximum atomic E-state index is 11.9. The fourth-order valence-corrected chi connectivity index (χ4v) is 1.80. The number of Topliss-reactive ketones (excluding diaryl/α,β-unsaturated/α-hetero) is 1. The van der Waals surface area contributed by atoms with Crippen LogP contribution in [-0.4, -0.2) is 25.2 Å². The van der Waals surface area contributed by atoms with Crippen LogP contribution in [-0.2, 0) is 9.53 Å². The number of hydrogen-bond donors (Lipinski definition) is 0. The molecule has 18 heavy (non-hydrogen) atoms. The number of rotatable bonds is 3. The van der Waals surface area contributed by atoms with Crippen LogP contribution in [0.4, 0.5) is 0 Å². The summed E-state index contributed by atoms with van der Waals surface area (Å²) in [5.41, 5.74) is 1.97. The Morgan fingerprint density at radius 1 is 1.28 bits per heavy atom. The lowest BCUT2D eigenvalue weighted by Gasteiger charge is -2.09. The third kappa shape index (κ3) is 1.92. The summed E-state index contributed by atoms with van der Waals surface area (Å²) >= 11 is 0. The van der Waals surface area contributed by atoms with Crippen molar-refractivity contribution in [3.63, 3.8) is 0 Å². The van der Waals surface area contributed by atoms with Crippen LogP contribution in [0.15, 0.2) is 6.07 Å². The molecule has 0 fully saturated rings. The molecule has 0 spiro atoms. The van der Waals surface area contributed by atoms with Crippen LogP contribution >= 0.6 is 0 Å². The average Bonchev–Trinajstić information content (AvgIpc) is 2.82. The zero-order chi connectivity index (χ0) is 13.3. The number of ketones is 1. The Labute approximate surface area is 105 Å². The predicted octanol–water partition coefficient (Wildman–Crippen LogP) is 1.78. The lowest BCUT2D eigenvalue weighted by Crippen LogP contribution is -2.18. The molecule has 0 N–H and O–H groups in total. The molecule has 96 valence electrons. The van der Waals surface area contributed by atoms with E-state index in [1.54, 1.807) is 13.0 Å². The molecule has 0 atom stereocenters. The highest BCUT2D eigenvalue weighted by molar-refractivity contribution is 6.41. The second-order valence-electron chi connectivity index (χ2n) is 3.98. The van der Waals surface area contributed by atoms with E-state index in [0.29, 0.717) is 11.5 Å². The number of aryl methyl sites for hydroxylation is 1. The first-order valence-corrected chi connectivity index (χ1v) is 5.67. The fraction of sp³-hybridized carbons (Fsp3) is 0.385. The highest BCUT2D eigenvalue weighted by atomic mass is 16.7. The molecule has 1 aliphatic rings. The summed E-state index contributed by atoms with van der Waals surface area (Å²) in [4.78, 5) is 23.4. The van der Waals surface area contributed by atoms with Crippen LogP contribution < -0.4 is 9.47 Å². The molecule has 0 saturated heterocycles.